The Kier molecular flexibility index (Phi) is 6.52. The summed E-state index contributed by atoms with van der Waals surface area (Å²) in [5, 5.41) is 2.58. The number of esters is 1. The number of hydrogen-bond acceptors (Lipinski definition) is 4. The molecule has 126 valence electrons. The fourth-order valence-corrected chi connectivity index (χ4v) is 2.69. The molecule has 1 heterocycles. The average molecular weight is 322 g/mol. The lowest BCUT2D eigenvalue weighted by atomic mass is 9.97. The van der Waals surface area contributed by atoms with Crippen LogP contribution in [0.2, 0.25) is 0 Å². The minimum atomic E-state index is -0.434. The number of likely N-dealkylation sites (tertiary alicyclic amines) is 1. The minimum absolute atomic E-state index is 0.0292. The molecule has 1 saturated heterocycles. The number of nitrogens with one attached hydrogen (secondary N) is 1. The Balaban J connectivity index is 1.70. The van der Waals surface area contributed by atoms with Crippen molar-refractivity contribution < 1.29 is 18.7 Å². The van der Waals surface area contributed by atoms with E-state index in [9.17, 15) is 14.0 Å². The van der Waals surface area contributed by atoms with Gasteiger partial charge in [-0.3, -0.25) is 9.59 Å². The minimum Gasteiger partial charge on any atom is -0.466 e. The maximum atomic E-state index is 13.5. The summed E-state index contributed by atoms with van der Waals surface area (Å²) in [6.45, 7) is 4.37. The van der Waals surface area contributed by atoms with Crippen LogP contribution in [-0.4, -0.2) is 43.0 Å². The van der Waals surface area contributed by atoms with E-state index in [1.54, 1.807) is 19.1 Å². The molecule has 0 spiro atoms. The van der Waals surface area contributed by atoms with E-state index in [2.05, 4.69) is 10.2 Å². The highest BCUT2D eigenvalue weighted by Crippen LogP contribution is 2.19. The van der Waals surface area contributed by atoms with Gasteiger partial charge in [0.1, 0.15) is 5.82 Å². The first kappa shape index (κ1) is 17.4. The molecule has 0 aromatic heterocycles. The summed E-state index contributed by atoms with van der Waals surface area (Å²) < 4.78 is 18.5. The Hall–Kier alpha value is -1.95. The normalized spacial score (nSPS) is 16.1. The van der Waals surface area contributed by atoms with Crippen molar-refractivity contribution in [1.82, 2.24) is 4.90 Å². The highest BCUT2D eigenvalue weighted by molar-refractivity contribution is 5.90. The highest BCUT2D eigenvalue weighted by Gasteiger charge is 2.25. The van der Waals surface area contributed by atoms with Crippen molar-refractivity contribution in [3.8, 4) is 0 Å². The Morgan fingerprint density at radius 3 is 2.65 bits per heavy atom. The van der Waals surface area contributed by atoms with Crippen LogP contribution in [0, 0.1) is 11.7 Å². The summed E-state index contributed by atoms with van der Waals surface area (Å²) in [5.41, 5.74) is 0.207. The third-order valence-electron chi connectivity index (χ3n) is 4.01. The molecule has 0 radical (unpaired) electrons. The van der Waals surface area contributed by atoms with Crippen LogP contribution in [0.15, 0.2) is 24.3 Å². The molecule has 6 heteroatoms. The molecule has 1 aliphatic heterocycles. The Morgan fingerprint density at radius 2 is 2.00 bits per heavy atom. The SMILES string of the molecule is CCOC(=O)C1CCN(CCC(=O)Nc2ccccc2F)CC1. The van der Waals surface area contributed by atoms with E-state index in [-0.39, 0.29) is 23.5 Å². The maximum absolute atomic E-state index is 13.5. The number of para-hydroxylation sites is 1. The number of rotatable bonds is 6. The van der Waals surface area contributed by atoms with Gasteiger partial charge in [-0.25, -0.2) is 4.39 Å². The number of halogens is 1. The van der Waals surface area contributed by atoms with Gasteiger partial charge >= 0.3 is 5.97 Å². The van der Waals surface area contributed by atoms with Gasteiger partial charge < -0.3 is 15.0 Å². The summed E-state index contributed by atoms with van der Waals surface area (Å²) in [6, 6.07) is 6.12. The van der Waals surface area contributed by atoms with Crippen LogP contribution in [0.25, 0.3) is 0 Å². The second-order valence-corrected chi connectivity index (χ2v) is 5.65. The molecular weight excluding hydrogens is 299 g/mol. The van der Waals surface area contributed by atoms with Crippen LogP contribution >= 0.6 is 0 Å². The molecule has 0 unspecified atom stereocenters. The van der Waals surface area contributed by atoms with Crippen LogP contribution < -0.4 is 5.32 Å². The first-order valence-corrected chi connectivity index (χ1v) is 8.03. The van der Waals surface area contributed by atoms with Crippen molar-refractivity contribution in [3.63, 3.8) is 0 Å². The molecule has 0 aliphatic carbocycles. The lowest BCUT2D eigenvalue weighted by Gasteiger charge is -2.30. The van der Waals surface area contributed by atoms with Gasteiger partial charge in [-0.05, 0) is 45.0 Å². The monoisotopic (exact) mass is 322 g/mol. The standard InChI is InChI=1S/C17H23FN2O3/c1-2-23-17(22)13-7-10-20(11-8-13)12-9-16(21)19-15-6-4-3-5-14(15)18/h3-6,13H,2,7-12H2,1H3,(H,19,21). The van der Waals surface area contributed by atoms with Gasteiger partial charge in [0.15, 0.2) is 0 Å². The van der Waals surface area contributed by atoms with Gasteiger partial charge in [0.25, 0.3) is 0 Å². The fraction of sp³-hybridized carbons (Fsp3) is 0.529. The van der Waals surface area contributed by atoms with Crippen LogP contribution in [0.3, 0.4) is 0 Å². The molecule has 5 nitrogen and oxygen atoms in total. The van der Waals surface area contributed by atoms with E-state index in [1.807, 2.05) is 0 Å². The van der Waals surface area contributed by atoms with Crippen LogP contribution in [0.5, 0.6) is 0 Å². The predicted octanol–water partition coefficient (Wildman–Crippen LogP) is 2.43. The number of ether oxygens (including phenoxy) is 1. The first-order valence-electron chi connectivity index (χ1n) is 8.03. The number of anilines is 1. The molecule has 2 rings (SSSR count). The number of benzene rings is 1. The van der Waals surface area contributed by atoms with E-state index in [1.165, 1.54) is 12.1 Å². The number of hydrogen-bond donors (Lipinski definition) is 1. The van der Waals surface area contributed by atoms with Crippen molar-refractivity contribution in [3.05, 3.63) is 30.1 Å². The smallest absolute Gasteiger partial charge is 0.309 e. The number of amides is 1. The summed E-state index contributed by atoms with van der Waals surface area (Å²) in [7, 11) is 0. The van der Waals surface area contributed by atoms with Crippen molar-refractivity contribution in [2.75, 3.05) is 31.6 Å². The van der Waals surface area contributed by atoms with E-state index in [0.29, 0.717) is 19.6 Å². The molecule has 1 aliphatic rings. The molecule has 1 fully saturated rings. The van der Waals surface area contributed by atoms with E-state index < -0.39 is 5.82 Å². The fourth-order valence-electron chi connectivity index (χ4n) is 2.69. The van der Waals surface area contributed by atoms with E-state index >= 15 is 0 Å². The zero-order chi connectivity index (χ0) is 16.7. The molecule has 1 aromatic carbocycles. The molecule has 1 aromatic rings. The molecule has 23 heavy (non-hydrogen) atoms. The largest absolute Gasteiger partial charge is 0.466 e. The predicted molar refractivity (Wildman–Crippen MR) is 85.4 cm³/mol. The Bertz CT molecular complexity index is 542. The average Bonchev–Trinajstić information content (AvgIpc) is 2.56. The Morgan fingerprint density at radius 1 is 1.30 bits per heavy atom. The maximum Gasteiger partial charge on any atom is 0.309 e. The van der Waals surface area contributed by atoms with Crippen LogP contribution in [0.4, 0.5) is 10.1 Å². The van der Waals surface area contributed by atoms with Crippen LogP contribution in [-0.2, 0) is 14.3 Å². The van der Waals surface area contributed by atoms with Gasteiger partial charge in [0, 0.05) is 13.0 Å². The second kappa shape index (κ2) is 8.62. The van der Waals surface area contributed by atoms with Crippen molar-refractivity contribution in [1.29, 1.82) is 0 Å². The van der Waals surface area contributed by atoms with Gasteiger partial charge in [-0.2, -0.15) is 0 Å². The van der Waals surface area contributed by atoms with Crippen molar-refractivity contribution >= 4 is 17.6 Å². The molecule has 1 amide bonds. The number of carbonyl (C=O) groups is 2. The van der Waals surface area contributed by atoms with Crippen molar-refractivity contribution in [2.45, 2.75) is 26.2 Å². The van der Waals surface area contributed by atoms with Gasteiger partial charge in [-0.1, -0.05) is 12.1 Å². The number of piperidine rings is 1. The quantitative estimate of drug-likeness (QED) is 0.817. The molecule has 0 saturated carbocycles. The topological polar surface area (TPSA) is 58.6 Å². The highest BCUT2D eigenvalue weighted by atomic mass is 19.1. The zero-order valence-electron chi connectivity index (χ0n) is 13.4. The third-order valence-corrected chi connectivity index (χ3v) is 4.01. The van der Waals surface area contributed by atoms with Gasteiger partial charge in [0.2, 0.25) is 5.91 Å². The summed E-state index contributed by atoms with van der Waals surface area (Å²) >= 11 is 0. The van der Waals surface area contributed by atoms with Gasteiger partial charge in [-0.15, -0.1) is 0 Å². The third kappa shape index (κ3) is 5.32. The lowest BCUT2D eigenvalue weighted by Crippen LogP contribution is -2.38. The van der Waals surface area contributed by atoms with Gasteiger partial charge in [0.05, 0.1) is 18.2 Å². The van der Waals surface area contributed by atoms with E-state index in [4.69, 9.17) is 4.74 Å². The van der Waals surface area contributed by atoms with Crippen LogP contribution in [0.1, 0.15) is 26.2 Å². The first-order chi connectivity index (χ1) is 11.1. The molecule has 0 bridgehead atoms. The molecule has 1 N–H and O–H groups in total. The van der Waals surface area contributed by atoms with E-state index in [0.717, 1.165) is 25.9 Å². The summed E-state index contributed by atoms with van der Waals surface area (Å²) in [6.07, 6.45) is 1.82. The summed E-state index contributed by atoms with van der Waals surface area (Å²) in [5.74, 6) is -0.790. The molecule has 0 atom stereocenters. The number of carbonyl (C=O) groups excluding carboxylic acids is 2. The molecular formula is C17H23FN2O3. The zero-order valence-corrected chi connectivity index (χ0v) is 13.4. The Labute approximate surface area is 135 Å². The summed E-state index contributed by atoms with van der Waals surface area (Å²) in [4.78, 5) is 25.7. The van der Waals surface area contributed by atoms with Crippen molar-refractivity contribution in [2.24, 2.45) is 5.92 Å². The second-order valence-electron chi connectivity index (χ2n) is 5.65. The lowest BCUT2D eigenvalue weighted by molar-refractivity contribution is -0.149. The number of nitrogens with zero attached hydrogens (tertiary/aromatic N) is 1.